The number of nitrogens with zero attached hydrogens (tertiary/aromatic N) is 1. The van der Waals surface area contributed by atoms with E-state index in [0.717, 1.165) is 11.3 Å². The first-order chi connectivity index (χ1) is 9.65. The average Bonchev–Trinajstić information content (AvgIpc) is 2.47. The Morgan fingerprint density at radius 1 is 1.30 bits per heavy atom. The number of ketones is 1. The third kappa shape index (κ3) is 4.21. The second-order valence-corrected chi connectivity index (χ2v) is 4.85. The quantitative estimate of drug-likeness (QED) is 0.674. The summed E-state index contributed by atoms with van der Waals surface area (Å²) in [4.78, 5) is 16.0. The van der Waals surface area contributed by atoms with Gasteiger partial charge in [0.25, 0.3) is 0 Å². The number of pyridine rings is 1. The van der Waals surface area contributed by atoms with E-state index in [-0.39, 0.29) is 5.78 Å². The van der Waals surface area contributed by atoms with Crippen molar-refractivity contribution in [3.05, 3.63) is 76.7 Å². The molecular weight excluding hydrogens is 272 g/mol. The van der Waals surface area contributed by atoms with Gasteiger partial charge in [-0.1, -0.05) is 17.7 Å². The van der Waals surface area contributed by atoms with Crippen LogP contribution in [0.4, 0.5) is 0 Å². The molecule has 0 amide bonds. The van der Waals surface area contributed by atoms with Crippen LogP contribution in [0.25, 0.3) is 0 Å². The van der Waals surface area contributed by atoms with Gasteiger partial charge < -0.3 is 5.32 Å². The van der Waals surface area contributed by atoms with Crippen molar-refractivity contribution in [2.45, 2.75) is 13.5 Å². The molecule has 0 saturated heterocycles. The molecule has 102 valence electrons. The highest BCUT2D eigenvalue weighted by Gasteiger charge is 2.03. The van der Waals surface area contributed by atoms with Gasteiger partial charge in [-0.2, -0.15) is 0 Å². The molecule has 2 rings (SSSR count). The molecule has 3 nitrogen and oxygen atoms in total. The molecule has 0 aliphatic heterocycles. The summed E-state index contributed by atoms with van der Waals surface area (Å²) >= 11 is 5.79. The van der Waals surface area contributed by atoms with Gasteiger partial charge in [-0.05, 0) is 42.8 Å². The number of hydrogen-bond acceptors (Lipinski definition) is 3. The van der Waals surface area contributed by atoms with Crippen molar-refractivity contribution >= 4 is 17.4 Å². The van der Waals surface area contributed by atoms with Crippen LogP contribution in [0.5, 0.6) is 0 Å². The minimum absolute atomic E-state index is 0.0437. The molecular formula is C16H15ClN2O. The van der Waals surface area contributed by atoms with Gasteiger partial charge in [0.05, 0.1) is 0 Å². The van der Waals surface area contributed by atoms with E-state index in [1.54, 1.807) is 42.7 Å². The number of rotatable bonds is 5. The third-order valence-corrected chi connectivity index (χ3v) is 3.02. The molecule has 0 bridgehead atoms. The topological polar surface area (TPSA) is 42.0 Å². The lowest BCUT2D eigenvalue weighted by Gasteiger charge is -2.06. The van der Waals surface area contributed by atoms with Crippen LogP contribution in [-0.4, -0.2) is 10.8 Å². The summed E-state index contributed by atoms with van der Waals surface area (Å²) in [5.41, 5.74) is 2.50. The van der Waals surface area contributed by atoms with Gasteiger partial charge in [0.1, 0.15) is 0 Å². The van der Waals surface area contributed by atoms with Crippen LogP contribution in [0.2, 0.25) is 5.02 Å². The molecule has 0 atom stereocenters. The van der Waals surface area contributed by atoms with Crippen molar-refractivity contribution in [3.63, 3.8) is 0 Å². The van der Waals surface area contributed by atoms with E-state index in [1.165, 1.54) is 0 Å². The number of hydrogen-bond donors (Lipinski definition) is 1. The van der Waals surface area contributed by atoms with Gasteiger partial charge in [0, 0.05) is 41.3 Å². The van der Waals surface area contributed by atoms with Crippen LogP contribution in [0.15, 0.2) is 60.6 Å². The summed E-state index contributed by atoms with van der Waals surface area (Å²) in [5.74, 6) is -0.0437. The fourth-order valence-electron chi connectivity index (χ4n) is 1.69. The molecule has 0 fully saturated rings. The third-order valence-electron chi connectivity index (χ3n) is 2.77. The van der Waals surface area contributed by atoms with E-state index in [0.29, 0.717) is 17.1 Å². The Labute approximate surface area is 123 Å². The summed E-state index contributed by atoms with van der Waals surface area (Å²) in [5, 5.41) is 3.81. The van der Waals surface area contributed by atoms with Crippen LogP contribution in [0, 0.1) is 0 Å². The molecule has 0 aliphatic rings. The zero-order chi connectivity index (χ0) is 14.4. The lowest BCUT2D eigenvalue weighted by molar-refractivity contribution is 0.104. The monoisotopic (exact) mass is 286 g/mol. The zero-order valence-corrected chi connectivity index (χ0v) is 11.9. The lowest BCUT2D eigenvalue weighted by atomic mass is 10.1. The second-order valence-electron chi connectivity index (χ2n) is 4.41. The van der Waals surface area contributed by atoms with Crippen LogP contribution in [0.3, 0.4) is 0 Å². The Balaban J connectivity index is 1.96. The fourth-order valence-corrected chi connectivity index (χ4v) is 1.82. The number of allylic oxidation sites excluding steroid dienone is 2. The molecule has 1 aromatic heterocycles. The largest absolute Gasteiger partial charge is 0.384 e. The first-order valence-electron chi connectivity index (χ1n) is 6.26. The molecule has 0 saturated carbocycles. The fraction of sp³-hybridized carbons (Fsp3) is 0.125. The summed E-state index contributed by atoms with van der Waals surface area (Å²) < 4.78 is 0. The van der Waals surface area contributed by atoms with Crippen molar-refractivity contribution in [1.82, 2.24) is 10.3 Å². The highest BCUT2D eigenvalue weighted by Crippen LogP contribution is 2.11. The minimum Gasteiger partial charge on any atom is -0.384 e. The number of benzene rings is 1. The van der Waals surface area contributed by atoms with Gasteiger partial charge in [0.15, 0.2) is 5.78 Å². The first-order valence-corrected chi connectivity index (χ1v) is 6.64. The maximum Gasteiger partial charge on any atom is 0.187 e. The van der Waals surface area contributed by atoms with Crippen LogP contribution >= 0.6 is 11.6 Å². The van der Waals surface area contributed by atoms with Crippen LogP contribution in [0.1, 0.15) is 22.8 Å². The van der Waals surface area contributed by atoms with E-state index in [4.69, 9.17) is 11.6 Å². The predicted molar refractivity (Wildman–Crippen MR) is 80.6 cm³/mol. The molecule has 0 spiro atoms. The number of carbonyl (C=O) groups excluding carboxylic acids is 1. The number of nitrogens with one attached hydrogen (secondary N) is 1. The Morgan fingerprint density at radius 3 is 2.70 bits per heavy atom. The Kier molecular flexibility index (Phi) is 4.91. The molecule has 20 heavy (non-hydrogen) atoms. The summed E-state index contributed by atoms with van der Waals surface area (Å²) in [6.07, 6.45) is 5.11. The van der Waals surface area contributed by atoms with Crippen LogP contribution < -0.4 is 5.32 Å². The molecule has 2 aromatic rings. The number of halogens is 1. The van der Waals surface area contributed by atoms with Crippen molar-refractivity contribution in [2.75, 3.05) is 0 Å². The molecule has 0 radical (unpaired) electrons. The van der Waals surface area contributed by atoms with Gasteiger partial charge in [-0.25, -0.2) is 0 Å². The van der Waals surface area contributed by atoms with E-state index >= 15 is 0 Å². The summed E-state index contributed by atoms with van der Waals surface area (Å²) in [6.45, 7) is 2.51. The molecule has 1 N–H and O–H groups in total. The summed E-state index contributed by atoms with van der Waals surface area (Å²) in [6, 6.07) is 10.7. The minimum atomic E-state index is -0.0437. The zero-order valence-electron chi connectivity index (χ0n) is 11.1. The Bertz CT molecular complexity index is 606. The van der Waals surface area contributed by atoms with Crippen molar-refractivity contribution in [2.24, 2.45) is 0 Å². The van der Waals surface area contributed by atoms with Gasteiger partial charge in [-0.15, -0.1) is 0 Å². The smallest absolute Gasteiger partial charge is 0.187 e. The SMILES string of the molecule is C/C(=C\C(=O)c1ccc(Cl)cc1)NCc1cccnc1. The standard InChI is InChI=1S/C16H15ClN2O/c1-12(19-11-13-3-2-8-18-10-13)9-16(20)14-4-6-15(17)7-5-14/h2-10,19H,11H2,1H3/b12-9+. The van der Waals surface area contributed by atoms with E-state index < -0.39 is 0 Å². The normalized spacial score (nSPS) is 11.2. The first kappa shape index (κ1) is 14.3. The predicted octanol–water partition coefficient (Wildman–Crippen LogP) is 3.61. The summed E-state index contributed by atoms with van der Waals surface area (Å²) in [7, 11) is 0. The molecule has 4 heteroatoms. The highest BCUT2D eigenvalue weighted by molar-refractivity contribution is 6.30. The van der Waals surface area contributed by atoms with Crippen LogP contribution in [-0.2, 0) is 6.54 Å². The number of aromatic nitrogens is 1. The number of carbonyl (C=O) groups is 1. The van der Waals surface area contributed by atoms with E-state index in [1.807, 2.05) is 19.1 Å². The molecule has 0 unspecified atom stereocenters. The van der Waals surface area contributed by atoms with Gasteiger partial charge >= 0.3 is 0 Å². The lowest BCUT2D eigenvalue weighted by Crippen LogP contribution is -2.12. The second kappa shape index (κ2) is 6.87. The maximum absolute atomic E-state index is 12.0. The van der Waals surface area contributed by atoms with Gasteiger partial charge in [0.2, 0.25) is 0 Å². The van der Waals surface area contributed by atoms with Gasteiger partial charge in [-0.3, -0.25) is 9.78 Å². The average molecular weight is 287 g/mol. The Hall–Kier alpha value is -2.13. The van der Waals surface area contributed by atoms with Crippen molar-refractivity contribution in [3.8, 4) is 0 Å². The van der Waals surface area contributed by atoms with E-state index in [2.05, 4.69) is 10.3 Å². The Morgan fingerprint density at radius 2 is 2.05 bits per heavy atom. The highest BCUT2D eigenvalue weighted by atomic mass is 35.5. The van der Waals surface area contributed by atoms with Crippen molar-refractivity contribution in [1.29, 1.82) is 0 Å². The molecule has 0 aliphatic carbocycles. The molecule has 1 aromatic carbocycles. The molecule has 1 heterocycles. The van der Waals surface area contributed by atoms with E-state index in [9.17, 15) is 4.79 Å². The maximum atomic E-state index is 12.0. The van der Waals surface area contributed by atoms with Crippen molar-refractivity contribution < 1.29 is 4.79 Å².